The van der Waals surface area contributed by atoms with Gasteiger partial charge in [-0.15, -0.1) is 0 Å². The third-order valence-corrected chi connectivity index (χ3v) is 4.00. The van der Waals surface area contributed by atoms with Gasteiger partial charge in [0.15, 0.2) is 0 Å². The molecule has 0 heterocycles. The molecule has 1 rings (SSSR count). The third kappa shape index (κ3) is 7.45. The Labute approximate surface area is 110 Å². The fourth-order valence-electron chi connectivity index (χ4n) is 1.97. The van der Waals surface area contributed by atoms with Crippen molar-refractivity contribution in [2.75, 3.05) is 12.0 Å². The van der Waals surface area contributed by atoms with Crippen molar-refractivity contribution in [1.82, 2.24) is 0 Å². The van der Waals surface area contributed by atoms with E-state index in [0.29, 0.717) is 6.42 Å². The molecular formula is C14H23NO2S. The molecule has 2 N–H and O–H groups in total. The zero-order chi connectivity index (χ0) is 13.4. The first kappa shape index (κ1) is 15.2. The minimum Gasteiger partial charge on any atom is -0.328 e. The van der Waals surface area contributed by atoms with Gasteiger partial charge in [-0.1, -0.05) is 30.3 Å². The lowest BCUT2D eigenvalue weighted by atomic mass is 10.0. The second kappa shape index (κ2) is 7.54. The number of rotatable bonds is 8. The van der Waals surface area contributed by atoms with E-state index in [1.165, 1.54) is 11.8 Å². The second-order valence-electron chi connectivity index (χ2n) is 4.91. The molecule has 1 aromatic carbocycles. The van der Waals surface area contributed by atoms with Crippen LogP contribution in [-0.2, 0) is 16.3 Å². The van der Waals surface area contributed by atoms with E-state index in [4.69, 9.17) is 5.73 Å². The van der Waals surface area contributed by atoms with Crippen molar-refractivity contribution < 1.29 is 8.42 Å². The largest absolute Gasteiger partial charge is 0.328 e. The molecule has 4 heteroatoms. The van der Waals surface area contributed by atoms with Gasteiger partial charge < -0.3 is 5.73 Å². The van der Waals surface area contributed by atoms with Crippen LogP contribution in [0.3, 0.4) is 0 Å². The number of hydrogen-bond acceptors (Lipinski definition) is 3. The van der Waals surface area contributed by atoms with Crippen molar-refractivity contribution in [1.29, 1.82) is 0 Å². The summed E-state index contributed by atoms with van der Waals surface area (Å²) in [6.07, 6.45) is 5.80. The fourth-order valence-corrected chi connectivity index (χ4v) is 2.66. The molecule has 0 saturated carbocycles. The fraction of sp³-hybridized carbons (Fsp3) is 0.571. The van der Waals surface area contributed by atoms with Gasteiger partial charge in [-0.05, 0) is 37.7 Å². The van der Waals surface area contributed by atoms with Crippen molar-refractivity contribution >= 4 is 9.84 Å². The van der Waals surface area contributed by atoms with Gasteiger partial charge in [0.05, 0.1) is 0 Å². The molecule has 0 amide bonds. The van der Waals surface area contributed by atoms with Crippen molar-refractivity contribution in [3.8, 4) is 0 Å². The average molecular weight is 269 g/mol. The number of aryl methyl sites for hydroxylation is 1. The molecular weight excluding hydrogens is 246 g/mol. The van der Waals surface area contributed by atoms with Crippen LogP contribution < -0.4 is 5.73 Å². The summed E-state index contributed by atoms with van der Waals surface area (Å²) >= 11 is 0. The lowest BCUT2D eigenvalue weighted by Gasteiger charge is -2.10. The highest BCUT2D eigenvalue weighted by Crippen LogP contribution is 2.08. The van der Waals surface area contributed by atoms with Gasteiger partial charge in [0.2, 0.25) is 0 Å². The highest BCUT2D eigenvalue weighted by molar-refractivity contribution is 7.90. The van der Waals surface area contributed by atoms with Gasteiger partial charge in [0, 0.05) is 18.1 Å². The van der Waals surface area contributed by atoms with E-state index in [2.05, 4.69) is 12.1 Å². The van der Waals surface area contributed by atoms with Gasteiger partial charge in [-0.3, -0.25) is 0 Å². The Kier molecular flexibility index (Phi) is 6.36. The predicted molar refractivity (Wildman–Crippen MR) is 76.3 cm³/mol. The van der Waals surface area contributed by atoms with E-state index in [1.807, 2.05) is 18.2 Å². The van der Waals surface area contributed by atoms with Crippen LogP contribution in [-0.4, -0.2) is 26.5 Å². The maximum absolute atomic E-state index is 11.0. The highest BCUT2D eigenvalue weighted by Gasteiger charge is 2.06. The average Bonchev–Trinajstić information content (AvgIpc) is 2.28. The summed E-state index contributed by atoms with van der Waals surface area (Å²) in [5.41, 5.74) is 7.31. The Morgan fingerprint density at radius 1 is 1.11 bits per heavy atom. The zero-order valence-corrected chi connectivity index (χ0v) is 11.8. The van der Waals surface area contributed by atoms with Crippen LogP contribution >= 0.6 is 0 Å². The quantitative estimate of drug-likeness (QED) is 0.786. The lowest BCUT2D eigenvalue weighted by molar-refractivity contribution is 0.535. The third-order valence-electron chi connectivity index (χ3n) is 2.97. The van der Waals surface area contributed by atoms with Crippen molar-refractivity contribution in [3.63, 3.8) is 0 Å². The van der Waals surface area contributed by atoms with Gasteiger partial charge in [-0.2, -0.15) is 0 Å². The van der Waals surface area contributed by atoms with Crippen LogP contribution in [0.15, 0.2) is 30.3 Å². The Bertz CT molecular complexity index is 428. The molecule has 0 aliphatic heterocycles. The smallest absolute Gasteiger partial charge is 0.147 e. The zero-order valence-electron chi connectivity index (χ0n) is 11.0. The summed E-state index contributed by atoms with van der Waals surface area (Å²) in [6.45, 7) is 0. The summed E-state index contributed by atoms with van der Waals surface area (Å²) in [5.74, 6) is 0.249. The van der Waals surface area contributed by atoms with Crippen molar-refractivity contribution in [2.45, 2.75) is 38.1 Å². The molecule has 18 heavy (non-hydrogen) atoms. The normalized spacial score (nSPS) is 13.4. The van der Waals surface area contributed by atoms with E-state index in [0.717, 1.165) is 25.7 Å². The molecule has 0 aliphatic carbocycles. The van der Waals surface area contributed by atoms with Crippen LogP contribution in [0.25, 0.3) is 0 Å². The van der Waals surface area contributed by atoms with E-state index in [9.17, 15) is 8.42 Å². The molecule has 0 aliphatic rings. The van der Waals surface area contributed by atoms with Crippen molar-refractivity contribution in [2.24, 2.45) is 5.73 Å². The van der Waals surface area contributed by atoms with E-state index < -0.39 is 9.84 Å². The molecule has 0 fully saturated rings. The van der Waals surface area contributed by atoms with Gasteiger partial charge in [0.25, 0.3) is 0 Å². The monoisotopic (exact) mass is 269 g/mol. The molecule has 0 bridgehead atoms. The predicted octanol–water partition coefficient (Wildman–Crippen LogP) is 2.16. The van der Waals surface area contributed by atoms with E-state index in [-0.39, 0.29) is 11.8 Å². The molecule has 0 saturated heterocycles. The van der Waals surface area contributed by atoms with E-state index in [1.54, 1.807) is 0 Å². The molecule has 1 atom stereocenters. The first-order chi connectivity index (χ1) is 8.47. The van der Waals surface area contributed by atoms with Crippen molar-refractivity contribution in [3.05, 3.63) is 35.9 Å². The first-order valence-corrected chi connectivity index (χ1v) is 8.50. The number of benzene rings is 1. The maximum atomic E-state index is 11.0. The molecule has 3 nitrogen and oxygen atoms in total. The standard InChI is InChI=1S/C14H23NO2S/c1-18(16,17)12-6-11-14(15)10-5-9-13-7-3-2-4-8-13/h2-4,7-8,14H,5-6,9-12,15H2,1H3. The van der Waals surface area contributed by atoms with Crippen LogP contribution in [0.4, 0.5) is 0 Å². The summed E-state index contributed by atoms with van der Waals surface area (Å²) in [7, 11) is -2.84. The first-order valence-electron chi connectivity index (χ1n) is 6.44. The molecule has 1 aromatic rings. The maximum Gasteiger partial charge on any atom is 0.147 e. The summed E-state index contributed by atoms with van der Waals surface area (Å²) in [4.78, 5) is 0. The van der Waals surface area contributed by atoms with Gasteiger partial charge in [0.1, 0.15) is 9.84 Å². The molecule has 0 spiro atoms. The summed E-state index contributed by atoms with van der Waals surface area (Å²) in [6, 6.07) is 10.5. The topological polar surface area (TPSA) is 60.2 Å². The van der Waals surface area contributed by atoms with Crippen LogP contribution in [0.5, 0.6) is 0 Å². The Balaban J connectivity index is 2.12. The number of hydrogen-bond donors (Lipinski definition) is 1. The Morgan fingerprint density at radius 2 is 1.72 bits per heavy atom. The lowest BCUT2D eigenvalue weighted by Crippen LogP contribution is -2.21. The minimum atomic E-state index is -2.84. The SMILES string of the molecule is CS(=O)(=O)CCCC(N)CCCc1ccccc1. The van der Waals surface area contributed by atoms with E-state index >= 15 is 0 Å². The summed E-state index contributed by atoms with van der Waals surface area (Å²) < 4.78 is 21.9. The molecule has 0 aromatic heterocycles. The van der Waals surface area contributed by atoms with Crippen LogP contribution in [0, 0.1) is 0 Å². The number of nitrogens with two attached hydrogens (primary N) is 1. The number of sulfone groups is 1. The Morgan fingerprint density at radius 3 is 2.33 bits per heavy atom. The summed E-state index contributed by atoms with van der Waals surface area (Å²) in [5, 5.41) is 0. The molecule has 102 valence electrons. The van der Waals surface area contributed by atoms with Gasteiger partial charge >= 0.3 is 0 Å². The Hall–Kier alpha value is -0.870. The minimum absolute atomic E-state index is 0.121. The van der Waals surface area contributed by atoms with Gasteiger partial charge in [-0.25, -0.2) is 8.42 Å². The highest BCUT2D eigenvalue weighted by atomic mass is 32.2. The second-order valence-corrected chi connectivity index (χ2v) is 7.17. The molecule has 1 unspecified atom stereocenters. The van der Waals surface area contributed by atoms with Crippen LogP contribution in [0.2, 0.25) is 0 Å². The molecule has 0 radical (unpaired) electrons. The van der Waals surface area contributed by atoms with Crippen LogP contribution in [0.1, 0.15) is 31.2 Å².